The zero-order chi connectivity index (χ0) is 15.1. The van der Waals surface area contributed by atoms with Crippen molar-refractivity contribution < 1.29 is 14.6 Å². The smallest absolute Gasteiger partial charge is 0.308 e. The number of carbonyl (C=O) groups excluding carboxylic acids is 1. The minimum Gasteiger partial charge on any atom is -0.469 e. The predicted molar refractivity (Wildman–Crippen MR) is 82.0 cm³/mol. The molecule has 0 bridgehead atoms. The second kappa shape index (κ2) is 7.60. The van der Waals surface area contributed by atoms with E-state index in [4.69, 9.17) is 0 Å². The molecule has 2 aromatic rings. The highest BCUT2D eigenvalue weighted by Gasteiger charge is 2.11. The van der Waals surface area contributed by atoms with Crippen molar-refractivity contribution in [2.75, 3.05) is 7.11 Å². The molecule has 1 atom stereocenters. The van der Waals surface area contributed by atoms with Gasteiger partial charge < -0.3 is 9.84 Å². The summed E-state index contributed by atoms with van der Waals surface area (Å²) in [6.45, 7) is 0. The van der Waals surface area contributed by atoms with E-state index in [1.165, 1.54) is 18.2 Å². The molecule has 1 N–H and O–H groups in total. The molecule has 3 nitrogen and oxygen atoms in total. The van der Waals surface area contributed by atoms with Crippen LogP contribution in [0.3, 0.4) is 0 Å². The number of ether oxygens (including phenoxy) is 1. The van der Waals surface area contributed by atoms with Gasteiger partial charge in [-0.3, -0.25) is 4.79 Å². The summed E-state index contributed by atoms with van der Waals surface area (Å²) < 4.78 is 4.55. The zero-order valence-corrected chi connectivity index (χ0v) is 12.2. The lowest BCUT2D eigenvalue weighted by Crippen LogP contribution is -2.17. The zero-order valence-electron chi connectivity index (χ0n) is 12.2. The first-order chi connectivity index (χ1) is 10.2. The monoisotopic (exact) mass is 284 g/mol. The molecular weight excluding hydrogens is 264 g/mol. The molecule has 0 spiro atoms. The maximum atomic E-state index is 11.1. The first kappa shape index (κ1) is 15.3. The lowest BCUT2D eigenvalue weighted by molar-refractivity contribution is -0.142. The fourth-order valence-electron chi connectivity index (χ4n) is 2.24. The highest BCUT2D eigenvalue weighted by molar-refractivity contribution is 5.69. The Hall–Kier alpha value is -2.13. The molecule has 0 aliphatic rings. The van der Waals surface area contributed by atoms with Crippen LogP contribution in [0.4, 0.5) is 0 Å². The van der Waals surface area contributed by atoms with Gasteiger partial charge in [-0.1, -0.05) is 54.6 Å². The Morgan fingerprint density at radius 2 is 1.57 bits per heavy atom. The Labute approximate surface area is 125 Å². The van der Waals surface area contributed by atoms with Crippen LogP contribution in [0.1, 0.15) is 23.1 Å². The second-order valence-electron chi connectivity index (χ2n) is 5.12. The van der Waals surface area contributed by atoms with Crippen molar-refractivity contribution in [3.8, 4) is 0 Å². The van der Waals surface area contributed by atoms with Gasteiger partial charge in [-0.25, -0.2) is 0 Å². The van der Waals surface area contributed by atoms with Crippen LogP contribution in [0.15, 0.2) is 54.6 Å². The van der Waals surface area contributed by atoms with Gasteiger partial charge >= 0.3 is 5.97 Å². The van der Waals surface area contributed by atoms with Gasteiger partial charge in [0.15, 0.2) is 0 Å². The van der Waals surface area contributed by atoms with E-state index in [9.17, 15) is 9.90 Å². The minimum atomic E-state index is -0.697. The third kappa shape index (κ3) is 5.04. The van der Waals surface area contributed by atoms with Crippen LogP contribution in [0.5, 0.6) is 0 Å². The molecule has 2 rings (SSSR count). The Balaban J connectivity index is 1.91. The molecule has 0 radical (unpaired) electrons. The maximum absolute atomic E-state index is 11.1. The molecule has 2 aromatic carbocycles. The van der Waals surface area contributed by atoms with E-state index in [1.54, 1.807) is 0 Å². The van der Waals surface area contributed by atoms with Crippen molar-refractivity contribution in [1.29, 1.82) is 0 Å². The number of methoxy groups -OCH3 is 1. The van der Waals surface area contributed by atoms with Gasteiger partial charge in [-0.05, 0) is 29.5 Å². The molecule has 0 saturated carbocycles. The van der Waals surface area contributed by atoms with E-state index in [0.29, 0.717) is 6.42 Å². The number of hydrogen-bond acceptors (Lipinski definition) is 3. The summed E-state index contributed by atoms with van der Waals surface area (Å²) in [7, 11) is 1.33. The molecule has 3 heteroatoms. The van der Waals surface area contributed by atoms with Gasteiger partial charge in [-0.15, -0.1) is 0 Å². The van der Waals surface area contributed by atoms with Gasteiger partial charge in [0.1, 0.15) is 0 Å². The van der Waals surface area contributed by atoms with Crippen LogP contribution in [-0.2, 0) is 22.4 Å². The van der Waals surface area contributed by atoms with Crippen molar-refractivity contribution in [3.63, 3.8) is 0 Å². The normalized spacial score (nSPS) is 11.9. The van der Waals surface area contributed by atoms with Crippen LogP contribution < -0.4 is 0 Å². The minimum absolute atomic E-state index is 0.0300. The van der Waals surface area contributed by atoms with Crippen molar-refractivity contribution in [2.24, 2.45) is 0 Å². The predicted octanol–water partition coefficient (Wildman–Crippen LogP) is 2.74. The fraction of sp³-hybridized carbons (Fsp3) is 0.278. The molecule has 110 valence electrons. The summed E-state index contributed by atoms with van der Waals surface area (Å²) in [6.07, 6.45) is 0.687. The van der Waals surface area contributed by atoms with Crippen LogP contribution in [-0.4, -0.2) is 24.3 Å². The molecule has 0 unspecified atom stereocenters. The van der Waals surface area contributed by atoms with E-state index >= 15 is 0 Å². The SMILES string of the molecule is COC(=O)C[C@H](O)Cc1ccc(Cc2ccccc2)cc1. The van der Waals surface area contributed by atoms with Gasteiger partial charge in [-0.2, -0.15) is 0 Å². The van der Waals surface area contributed by atoms with Crippen molar-refractivity contribution in [2.45, 2.75) is 25.4 Å². The van der Waals surface area contributed by atoms with E-state index < -0.39 is 6.10 Å². The Morgan fingerprint density at radius 3 is 2.19 bits per heavy atom. The maximum Gasteiger partial charge on any atom is 0.308 e. The quantitative estimate of drug-likeness (QED) is 0.830. The summed E-state index contributed by atoms with van der Waals surface area (Å²) >= 11 is 0. The number of hydrogen-bond donors (Lipinski definition) is 1. The van der Waals surface area contributed by atoms with E-state index in [0.717, 1.165) is 12.0 Å². The Bertz CT molecular complexity index is 561. The van der Waals surface area contributed by atoms with Gasteiger partial charge in [0.25, 0.3) is 0 Å². The summed E-state index contributed by atoms with van der Waals surface area (Å²) in [5.74, 6) is -0.386. The molecule has 0 aliphatic carbocycles. The molecule has 21 heavy (non-hydrogen) atoms. The van der Waals surface area contributed by atoms with Crippen LogP contribution >= 0.6 is 0 Å². The molecule has 0 heterocycles. The number of esters is 1. The number of aliphatic hydroxyl groups is 1. The summed E-state index contributed by atoms with van der Waals surface area (Å²) in [4.78, 5) is 11.1. The third-order valence-corrected chi connectivity index (χ3v) is 3.38. The fourth-order valence-corrected chi connectivity index (χ4v) is 2.24. The van der Waals surface area contributed by atoms with Crippen LogP contribution in [0.2, 0.25) is 0 Å². The van der Waals surface area contributed by atoms with Gasteiger partial charge in [0, 0.05) is 0 Å². The average molecular weight is 284 g/mol. The van der Waals surface area contributed by atoms with Gasteiger partial charge in [0.05, 0.1) is 19.6 Å². The Morgan fingerprint density at radius 1 is 1.00 bits per heavy atom. The van der Waals surface area contributed by atoms with Crippen LogP contribution in [0.25, 0.3) is 0 Å². The summed E-state index contributed by atoms with van der Waals surface area (Å²) in [5.41, 5.74) is 3.52. The first-order valence-electron chi connectivity index (χ1n) is 7.04. The largest absolute Gasteiger partial charge is 0.469 e. The van der Waals surface area contributed by atoms with Crippen molar-refractivity contribution in [1.82, 2.24) is 0 Å². The number of rotatable bonds is 6. The topological polar surface area (TPSA) is 46.5 Å². The van der Waals surface area contributed by atoms with Crippen molar-refractivity contribution >= 4 is 5.97 Å². The van der Waals surface area contributed by atoms with Crippen LogP contribution in [0, 0.1) is 0 Å². The highest BCUT2D eigenvalue weighted by atomic mass is 16.5. The molecule has 0 amide bonds. The van der Waals surface area contributed by atoms with E-state index in [1.807, 2.05) is 30.3 Å². The molecule has 0 fully saturated rings. The molecular formula is C18H20O3. The van der Waals surface area contributed by atoms with E-state index in [-0.39, 0.29) is 12.4 Å². The summed E-state index contributed by atoms with van der Waals surface area (Å²) in [6, 6.07) is 18.4. The standard InChI is InChI=1S/C18H20O3/c1-21-18(20)13-17(19)12-16-9-7-15(8-10-16)11-14-5-3-2-4-6-14/h2-10,17,19H,11-13H2,1H3/t17-/m1/s1. The third-order valence-electron chi connectivity index (χ3n) is 3.38. The molecule has 0 aromatic heterocycles. The lowest BCUT2D eigenvalue weighted by Gasteiger charge is -2.10. The number of aliphatic hydroxyl groups excluding tert-OH is 1. The van der Waals surface area contributed by atoms with Gasteiger partial charge in [0.2, 0.25) is 0 Å². The molecule has 0 aliphatic heterocycles. The van der Waals surface area contributed by atoms with Crippen molar-refractivity contribution in [3.05, 3.63) is 71.3 Å². The van der Waals surface area contributed by atoms with E-state index in [2.05, 4.69) is 29.0 Å². The first-order valence-corrected chi connectivity index (χ1v) is 7.04. The molecule has 0 saturated heterocycles. The Kier molecular flexibility index (Phi) is 5.52. The number of carbonyl (C=O) groups is 1. The lowest BCUT2D eigenvalue weighted by atomic mass is 10.0. The summed E-state index contributed by atoms with van der Waals surface area (Å²) in [5, 5.41) is 9.81. The second-order valence-corrected chi connectivity index (χ2v) is 5.12. The average Bonchev–Trinajstić information content (AvgIpc) is 2.50. The number of benzene rings is 2. The highest BCUT2D eigenvalue weighted by Crippen LogP contribution is 2.12.